The van der Waals surface area contributed by atoms with Gasteiger partial charge in [-0.15, -0.1) is 0 Å². The van der Waals surface area contributed by atoms with Gasteiger partial charge in [0.05, 0.1) is 6.26 Å². The number of furan rings is 1. The number of nitrogens with two attached hydrogens (primary N) is 1. The van der Waals surface area contributed by atoms with Gasteiger partial charge in [-0.2, -0.15) is 0 Å². The lowest BCUT2D eigenvalue weighted by Crippen LogP contribution is -2.14. The largest absolute Gasteiger partial charge is 0.464 e. The van der Waals surface area contributed by atoms with E-state index in [1.807, 2.05) is 24.3 Å². The molecule has 0 bridgehead atoms. The van der Waals surface area contributed by atoms with Gasteiger partial charge in [0.1, 0.15) is 5.76 Å². The third-order valence-electron chi connectivity index (χ3n) is 6.13. The highest BCUT2D eigenvalue weighted by Crippen LogP contribution is 2.36. The van der Waals surface area contributed by atoms with Gasteiger partial charge in [0.2, 0.25) is 5.91 Å². The second kappa shape index (κ2) is 6.86. The second-order valence-electron chi connectivity index (χ2n) is 7.89. The van der Waals surface area contributed by atoms with Gasteiger partial charge in [-0.1, -0.05) is 37.5 Å². The number of rotatable bonds is 4. The molecule has 2 N–H and O–H groups in total. The third-order valence-corrected chi connectivity index (χ3v) is 6.13. The number of primary amides is 1. The third kappa shape index (κ3) is 2.80. The molecule has 4 nitrogen and oxygen atoms in total. The normalized spacial score (nSPS) is 15.4. The molecule has 2 heterocycles. The number of hydrogen-bond donors (Lipinski definition) is 1. The van der Waals surface area contributed by atoms with E-state index in [9.17, 15) is 4.79 Å². The van der Waals surface area contributed by atoms with Crippen molar-refractivity contribution in [2.45, 2.75) is 38.6 Å². The van der Waals surface area contributed by atoms with Crippen LogP contribution in [0.2, 0.25) is 0 Å². The van der Waals surface area contributed by atoms with E-state index in [-0.39, 0.29) is 5.91 Å². The van der Waals surface area contributed by atoms with Crippen LogP contribution in [-0.2, 0) is 6.54 Å². The fourth-order valence-corrected chi connectivity index (χ4v) is 4.77. The molecule has 2 aromatic carbocycles. The smallest absolute Gasteiger partial charge is 0.249 e. The molecular formula is C24H24N2O2. The van der Waals surface area contributed by atoms with E-state index in [0.717, 1.165) is 39.7 Å². The van der Waals surface area contributed by atoms with Crippen molar-refractivity contribution in [2.75, 3.05) is 0 Å². The summed E-state index contributed by atoms with van der Waals surface area (Å²) in [5.41, 5.74) is 9.58. The summed E-state index contributed by atoms with van der Waals surface area (Å²) in [5, 5.41) is 2.04. The minimum atomic E-state index is -0.377. The van der Waals surface area contributed by atoms with E-state index in [2.05, 4.69) is 28.8 Å². The first-order valence-electron chi connectivity index (χ1n) is 10.1. The minimum absolute atomic E-state index is 0.377. The molecule has 5 rings (SSSR count). The molecule has 2 aromatic heterocycles. The quantitative estimate of drug-likeness (QED) is 0.497. The summed E-state index contributed by atoms with van der Waals surface area (Å²) in [7, 11) is 0. The highest BCUT2D eigenvalue weighted by atomic mass is 16.3. The maximum Gasteiger partial charge on any atom is 0.249 e. The van der Waals surface area contributed by atoms with Crippen molar-refractivity contribution in [3.8, 4) is 11.3 Å². The Labute approximate surface area is 163 Å². The van der Waals surface area contributed by atoms with E-state index in [1.165, 1.54) is 32.1 Å². The topological polar surface area (TPSA) is 61.2 Å². The van der Waals surface area contributed by atoms with Gasteiger partial charge in [-0.3, -0.25) is 4.79 Å². The molecule has 0 radical (unpaired) electrons. The molecule has 4 aromatic rings. The number of amides is 1. The predicted molar refractivity (Wildman–Crippen MR) is 112 cm³/mol. The van der Waals surface area contributed by atoms with Crippen LogP contribution in [0.3, 0.4) is 0 Å². The molecule has 0 spiro atoms. The molecule has 28 heavy (non-hydrogen) atoms. The van der Waals surface area contributed by atoms with Crippen LogP contribution in [0.15, 0.2) is 59.2 Å². The first-order chi connectivity index (χ1) is 13.7. The zero-order valence-corrected chi connectivity index (χ0v) is 15.9. The first-order valence-corrected chi connectivity index (χ1v) is 10.1. The van der Waals surface area contributed by atoms with Crippen LogP contribution in [0.1, 0.15) is 42.5 Å². The molecule has 1 aliphatic rings. The zero-order valence-electron chi connectivity index (χ0n) is 15.9. The Kier molecular flexibility index (Phi) is 4.19. The van der Waals surface area contributed by atoms with Crippen LogP contribution in [0, 0.1) is 5.92 Å². The Balaban J connectivity index is 1.76. The Bertz CT molecular complexity index is 1150. The molecule has 0 aliphatic heterocycles. The lowest BCUT2D eigenvalue weighted by molar-refractivity contribution is 0.100. The van der Waals surface area contributed by atoms with Crippen molar-refractivity contribution in [2.24, 2.45) is 11.7 Å². The van der Waals surface area contributed by atoms with Crippen LogP contribution in [0.5, 0.6) is 0 Å². The monoisotopic (exact) mass is 372 g/mol. The van der Waals surface area contributed by atoms with Gasteiger partial charge >= 0.3 is 0 Å². The number of carbonyl (C=O) groups excluding carboxylic acids is 1. The number of fused-ring (bicyclic) bond motifs is 3. The summed E-state index contributed by atoms with van der Waals surface area (Å²) < 4.78 is 8.00. The van der Waals surface area contributed by atoms with Crippen LogP contribution in [0.4, 0.5) is 0 Å². The van der Waals surface area contributed by atoms with Gasteiger partial charge in [0, 0.05) is 39.5 Å². The molecule has 1 aliphatic carbocycles. The molecule has 1 saturated carbocycles. The maximum atomic E-state index is 12.1. The molecule has 0 unspecified atom stereocenters. The standard InChI is InChI=1S/C24H24N2O2/c25-24(27)19-8-4-9-20-23(19)18-12-11-17(22-10-5-13-28-22)14-21(18)26(20)15-16-6-2-1-3-7-16/h4-5,8-14,16H,1-3,6-7,15H2,(H2,25,27). The van der Waals surface area contributed by atoms with Gasteiger partial charge in [-0.05, 0) is 49.1 Å². The highest BCUT2D eigenvalue weighted by molar-refractivity contribution is 6.18. The van der Waals surface area contributed by atoms with Crippen molar-refractivity contribution in [1.29, 1.82) is 0 Å². The summed E-state index contributed by atoms with van der Waals surface area (Å²) in [4.78, 5) is 12.1. The summed E-state index contributed by atoms with van der Waals surface area (Å²) in [5.74, 6) is 1.15. The SMILES string of the molecule is NC(=O)c1cccc2c1c1ccc(-c3ccco3)cc1n2CC1CCCCC1. The van der Waals surface area contributed by atoms with Gasteiger partial charge in [0.15, 0.2) is 0 Å². The molecule has 0 saturated heterocycles. The molecule has 1 fully saturated rings. The van der Waals surface area contributed by atoms with Crippen molar-refractivity contribution in [3.63, 3.8) is 0 Å². The summed E-state index contributed by atoms with van der Waals surface area (Å²) in [6.07, 6.45) is 8.21. The summed E-state index contributed by atoms with van der Waals surface area (Å²) >= 11 is 0. The second-order valence-corrected chi connectivity index (χ2v) is 7.89. The Morgan fingerprint density at radius 1 is 1.04 bits per heavy atom. The molecular weight excluding hydrogens is 348 g/mol. The number of aromatic nitrogens is 1. The first kappa shape index (κ1) is 17.1. The molecule has 0 atom stereocenters. The maximum absolute atomic E-state index is 12.1. The van der Waals surface area contributed by atoms with E-state index >= 15 is 0 Å². The molecule has 4 heteroatoms. The lowest BCUT2D eigenvalue weighted by Gasteiger charge is -2.23. The molecule has 1 amide bonds. The van der Waals surface area contributed by atoms with E-state index in [0.29, 0.717) is 11.5 Å². The van der Waals surface area contributed by atoms with E-state index < -0.39 is 0 Å². The van der Waals surface area contributed by atoms with Crippen LogP contribution in [0.25, 0.3) is 33.1 Å². The van der Waals surface area contributed by atoms with Crippen LogP contribution in [-0.4, -0.2) is 10.5 Å². The minimum Gasteiger partial charge on any atom is -0.464 e. The van der Waals surface area contributed by atoms with E-state index in [4.69, 9.17) is 10.2 Å². The fourth-order valence-electron chi connectivity index (χ4n) is 4.77. The van der Waals surface area contributed by atoms with Gasteiger partial charge in [0.25, 0.3) is 0 Å². The number of nitrogens with zero attached hydrogens (tertiary/aromatic N) is 1. The van der Waals surface area contributed by atoms with Crippen LogP contribution < -0.4 is 5.73 Å². The number of benzene rings is 2. The average molecular weight is 372 g/mol. The zero-order chi connectivity index (χ0) is 19.1. The van der Waals surface area contributed by atoms with Crippen LogP contribution >= 0.6 is 0 Å². The Morgan fingerprint density at radius 3 is 2.64 bits per heavy atom. The lowest BCUT2D eigenvalue weighted by atomic mass is 9.89. The van der Waals surface area contributed by atoms with Crippen molar-refractivity contribution >= 4 is 27.7 Å². The fraction of sp³-hybridized carbons (Fsp3) is 0.292. The predicted octanol–water partition coefficient (Wildman–Crippen LogP) is 5.73. The Hall–Kier alpha value is -3.01. The van der Waals surface area contributed by atoms with Crippen molar-refractivity contribution in [3.05, 3.63) is 60.4 Å². The Morgan fingerprint density at radius 2 is 1.89 bits per heavy atom. The number of hydrogen-bond acceptors (Lipinski definition) is 2. The van der Waals surface area contributed by atoms with Gasteiger partial charge < -0.3 is 14.7 Å². The summed E-state index contributed by atoms with van der Waals surface area (Å²) in [6, 6.07) is 16.1. The average Bonchev–Trinajstić information content (AvgIpc) is 3.36. The summed E-state index contributed by atoms with van der Waals surface area (Å²) in [6.45, 7) is 0.976. The van der Waals surface area contributed by atoms with Crippen molar-refractivity contribution in [1.82, 2.24) is 4.57 Å². The number of carbonyl (C=O) groups is 1. The van der Waals surface area contributed by atoms with Crippen molar-refractivity contribution < 1.29 is 9.21 Å². The van der Waals surface area contributed by atoms with Gasteiger partial charge in [-0.25, -0.2) is 0 Å². The van der Waals surface area contributed by atoms with E-state index in [1.54, 1.807) is 6.26 Å². The molecule has 142 valence electrons. The highest BCUT2D eigenvalue weighted by Gasteiger charge is 2.20.